The van der Waals surface area contributed by atoms with Crippen molar-refractivity contribution in [3.05, 3.63) is 40.6 Å². The summed E-state index contributed by atoms with van der Waals surface area (Å²) in [7, 11) is 0. The number of anilines is 1. The van der Waals surface area contributed by atoms with Crippen molar-refractivity contribution in [2.75, 3.05) is 25.1 Å². The van der Waals surface area contributed by atoms with Crippen molar-refractivity contribution in [3.63, 3.8) is 0 Å². The molecule has 8 nitrogen and oxygen atoms in total. The summed E-state index contributed by atoms with van der Waals surface area (Å²) in [5.74, 6) is 0. The number of rotatable bonds is 6. The number of nitro benzene ring substituents is 1. The zero-order valence-electron chi connectivity index (χ0n) is 11.1. The minimum atomic E-state index is -1.44. The van der Waals surface area contributed by atoms with Gasteiger partial charge in [-0.05, 0) is 24.3 Å². The maximum Gasteiger partial charge on any atom is 0.301 e. The van der Waals surface area contributed by atoms with Crippen molar-refractivity contribution in [3.8, 4) is 0 Å². The first-order valence-electron chi connectivity index (χ1n) is 6.20. The third-order valence-corrected chi connectivity index (χ3v) is 3.25. The van der Waals surface area contributed by atoms with E-state index in [9.17, 15) is 25.4 Å². The van der Waals surface area contributed by atoms with Crippen LogP contribution in [0.15, 0.2) is 30.5 Å². The number of benzene rings is 1. The number of hydrogen-bond acceptors (Lipinski definition) is 7. The summed E-state index contributed by atoms with van der Waals surface area (Å²) in [6, 6.07) is 6.16. The van der Waals surface area contributed by atoms with Crippen molar-refractivity contribution in [2.24, 2.45) is 0 Å². The summed E-state index contributed by atoms with van der Waals surface area (Å²) in [5.41, 5.74) is -1.11. The fourth-order valence-electron chi connectivity index (χ4n) is 1.99. The predicted molar refractivity (Wildman–Crippen MR) is 76.0 cm³/mol. The Hall–Kier alpha value is -2.29. The van der Waals surface area contributed by atoms with Crippen LogP contribution >= 0.6 is 0 Å². The highest BCUT2D eigenvalue weighted by atomic mass is 16.6. The largest absolute Gasteiger partial charge is 0.394 e. The van der Waals surface area contributed by atoms with Gasteiger partial charge in [0.05, 0.1) is 35.6 Å². The molecule has 2 aromatic rings. The second-order valence-corrected chi connectivity index (χ2v) is 4.67. The number of nitrogens with one attached hydrogen (secondary N) is 1. The molecule has 0 amide bonds. The van der Waals surface area contributed by atoms with Gasteiger partial charge in [0.15, 0.2) is 0 Å². The molecule has 0 fully saturated rings. The van der Waals surface area contributed by atoms with Gasteiger partial charge in [-0.1, -0.05) is 0 Å². The third kappa shape index (κ3) is 2.77. The van der Waals surface area contributed by atoms with Gasteiger partial charge in [-0.2, -0.15) is 0 Å². The Morgan fingerprint density at radius 3 is 2.43 bits per heavy atom. The van der Waals surface area contributed by atoms with E-state index in [1.54, 1.807) is 18.2 Å². The molecule has 0 aliphatic heterocycles. The summed E-state index contributed by atoms with van der Waals surface area (Å²) in [6.45, 7) is -1.74. The summed E-state index contributed by atoms with van der Waals surface area (Å²) >= 11 is 0. The number of hydrogen-bond donors (Lipinski definition) is 4. The highest BCUT2D eigenvalue weighted by molar-refractivity contribution is 5.94. The molecule has 0 saturated carbocycles. The van der Waals surface area contributed by atoms with Crippen LogP contribution in [-0.2, 0) is 0 Å². The van der Waals surface area contributed by atoms with Crippen LogP contribution in [0.4, 0.5) is 11.4 Å². The monoisotopic (exact) mass is 293 g/mol. The lowest BCUT2D eigenvalue weighted by Crippen LogP contribution is -2.49. The van der Waals surface area contributed by atoms with Gasteiger partial charge in [-0.25, -0.2) is 0 Å². The molecule has 1 aromatic heterocycles. The average Bonchev–Trinajstić information content (AvgIpc) is 2.52. The fourth-order valence-corrected chi connectivity index (χ4v) is 1.99. The number of aromatic nitrogens is 1. The quantitative estimate of drug-likeness (QED) is 0.444. The molecular weight excluding hydrogens is 278 g/mol. The Morgan fingerprint density at radius 2 is 1.86 bits per heavy atom. The Balaban J connectivity index is 2.58. The number of nitro groups is 1. The first-order chi connectivity index (χ1) is 10.1. The molecular formula is C13H15N3O5. The number of aliphatic hydroxyl groups excluding tert-OH is 3. The van der Waals surface area contributed by atoms with E-state index >= 15 is 0 Å². The highest BCUT2D eigenvalue weighted by Gasteiger charge is 2.31. The third-order valence-electron chi connectivity index (χ3n) is 3.25. The van der Waals surface area contributed by atoms with E-state index in [4.69, 9.17) is 0 Å². The molecule has 0 atom stereocenters. The standard InChI is InChI=1S/C13H15N3O5/c17-6-13(7-18,8-19)15-11-4-3-10-9(2-1-5-14-10)12(11)16(20)21/h1-5,15,17-19H,6-8H2. The van der Waals surface area contributed by atoms with Crippen molar-refractivity contribution >= 4 is 22.3 Å². The average molecular weight is 293 g/mol. The predicted octanol–water partition coefficient (Wildman–Crippen LogP) is 0.271. The Morgan fingerprint density at radius 1 is 1.19 bits per heavy atom. The highest BCUT2D eigenvalue weighted by Crippen LogP contribution is 2.34. The molecule has 21 heavy (non-hydrogen) atoms. The second kappa shape index (κ2) is 6.00. The lowest BCUT2D eigenvalue weighted by Gasteiger charge is -2.29. The molecule has 2 rings (SSSR count). The number of nitrogens with zero attached hydrogens (tertiary/aromatic N) is 2. The van der Waals surface area contributed by atoms with Crippen LogP contribution in [0, 0.1) is 10.1 Å². The van der Waals surface area contributed by atoms with Crippen molar-refractivity contribution in [1.82, 2.24) is 4.98 Å². The lowest BCUT2D eigenvalue weighted by atomic mass is 10.0. The zero-order valence-corrected chi connectivity index (χ0v) is 11.1. The minimum absolute atomic E-state index is 0.0950. The van der Waals surface area contributed by atoms with Gasteiger partial charge in [-0.3, -0.25) is 15.1 Å². The van der Waals surface area contributed by atoms with Crippen LogP contribution in [0.2, 0.25) is 0 Å². The Kier molecular flexibility index (Phi) is 4.32. The first kappa shape index (κ1) is 15.1. The van der Waals surface area contributed by atoms with E-state index in [1.807, 2.05) is 0 Å². The van der Waals surface area contributed by atoms with E-state index in [-0.39, 0.29) is 11.4 Å². The van der Waals surface area contributed by atoms with E-state index in [0.29, 0.717) is 10.9 Å². The van der Waals surface area contributed by atoms with Gasteiger partial charge in [0.2, 0.25) is 0 Å². The van der Waals surface area contributed by atoms with E-state index in [2.05, 4.69) is 10.3 Å². The second-order valence-electron chi connectivity index (χ2n) is 4.67. The van der Waals surface area contributed by atoms with Gasteiger partial charge in [0.25, 0.3) is 0 Å². The molecule has 0 bridgehead atoms. The number of fused-ring (bicyclic) bond motifs is 1. The molecule has 0 aliphatic rings. The van der Waals surface area contributed by atoms with E-state index < -0.39 is 30.3 Å². The Bertz CT molecular complexity index is 649. The minimum Gasteiger partial charge on any atom is -0.394 e. The van der Waals surface area contributed by atoms with Gasteiger partial charge in [0, 0.05) is 6.20 Å². The molecule has 0 spiro atoms. The maximum atomic E-state index is 11.3. The molecule has 0 radical (unpaired) electrons. The smallest absolute Gasteiger partial charge is 0.301 e. The van der Waals surface area contributed by atoms with Crippen LogP contribution in [0.25, 0.3) is 10.9 Å². The zero-order chi connectivity index (χ0) is 15.5. The van der Waals surface area contributed by atoms with Crippen LogP contribution in [0.3, 0.4) is 0 Å². The van der Waals surface area contributed by atoms with Crippen LogP contribution in [-0.4, -0.2) is 50.6 Å². The molecule has 1 heterocycles. The van der Waals surface area contributed by atoms with E-state index in [1.165, 1.54) is 12.3 Å². The molecule has 4 N–H and O–H groups in total. The summed E-state index contributed by atoms with van der Waals surface area (Å²) in [5, 5.41) is 42.3. The molecule has 8 heteroatoms. The summed E-state index contributed by atoms with van der Waals surface area (Å²) in [6.07, 6.45) is 1.53. The van der Waals surface area contributed by atoms with Crippen molar-refractivity contribution < 1.29 is 20.2 Å². The lowest BCUT2D eigenvalue weighted by molar-refractivity contribution is -0.382. The molecule has 112 valence electrons. The molecule has 0 aliphatic carbocycles. The molecule has 1 aromatic carbocycles. The van der Waals surface area contributed by atoms with Crippen molar-refractivity contribution in [2.45, 2.75) is 5.54 Å². The van der Waals surface area contributed by atoms with Gasteiger partial charge in [0.1, 0.15) is 11.2 Å². The first-order valence-corrected chi connectivity index (χ1v) is 6.20. The van der Waals surface area contributed by atoms with Gasteiger partial charge in [-0.15, -0.1) is 0 Å². The van der Waals surface area contributed by atoms with Crippen molar-refractivity contribution in [1.29, 1.82) is 0 Å². The van der Waals surface area contributed by atoms with Crippen LogP contribution in [0.5, 0.6) is 0 Å². The maximum absolute atomic E-state index is 11.3. The van der Waals surface area contributed by atoms with Crippen LogP contribution in [0.1, 0.15) is 0 Å². The normalized spacial score (nSPS) is 11.6. The summed E-state index contributed by atoms with van der Waals surface area (Å²) in [4.78, 5) is 14.8. The SMILES string of the molecule is O=[N+]([O-])c1c(NC(CO)(CO)CO)ccc2ncccc12. The summed E-state index contributed by atoms with van der Waals surface area (Å²) < 4.78 is 0. The van der Waals surface area contributed by atoms with E-state index in [0.717, 1.165) is 0 Å². The molecule has 0 unspecified atom stereocenters. The van der Waals surface area contributed by atoms with Crippen LogP contribution < -0.4 is 5.32 Å². The molecule has 0 saturated heterocycles. The van der Waals surface area contributed by atoms with Gasteiger partial charge < -0.3 is 20.6 Å². The Labute approximate surface area is 119 Å². The number of aliphatic hydroxyl groups is 3. The topological polar surface area (TPSA) is 129 Å². The number of pyridine rings is 1. The van der Waals surface area contributed by atoms with Gasteiger partial charge >= 0.3 is 5.69 Å². The fraction of sp³-hybridized carbons (Fsp3) is 0.308.